The molecule has 0 aliphatic carbocycles. The van der Waals surface area contributed by atoms with Crippen LogP contribution in [0.25, 0.3) is 0 Å². The molecular weight excluding hydrogens is 313 g/mol. The summed E-state index contributed by atoms with van der Waals surface area (Å²) in [5.74, 6) is -1.75. The highest BCUT2D eigenvalue weighted by Crippen LogP contribution is 2.19. The van der Waals surface area contributed by atoms with Crippen LogP contribution >= 0.6 is 11.3 Å². The Labute approximate surface area is 122 Å². The molecule has 21 heavy (non-hydrogen) atoms. The van der Waals surface area contributed by atoms with Gasteiger partial charge < -0.3 is 14.7 Å². The number of carbonyl (C=O) groups excluding carboxylic acids is 2. The number of aromatic nitrogens is 1. The molecule has 0 fully saturated rings. The first-order valence-electron chi connectivity index (χ1n) is 5.88. The van der Waals surface area contributed by atoms with Gasteiger partial charge in [-0.05, 0) is 6.92 Å². The Bertz CT molecular complexity index is 504. The molecule has 10 heteroatoms. The number of rotatable bonds is 6. The summed E-state index contributed by atoms with van der Waals surface area (Å²) in [4.78, 5) is 27.4. The van der Waals surface area contributed by atoms with Crippen LogP contribution in [0.1, 0.15) is 27.2 Å². The van der Waals surface area contributed by atoms with Crippen LogP contribution in [0.5, 0.6) is 0 Å². The van der Waals surface area contributed by atoms with E-state index in [0.29, 0.717) is 4.90 Å². The van der Waals surface area contributed by atoms with Gasteiger partial charge in [0.1, 0.15) is 12.2 Å². The molecule has 1 rings (SSSR count). The number of hydrogen-bond donors (Lipinski definition) is 1. The van der Waals surface area contributed by atoms with Gasteiger partial charge in [0.25, 0.3) is 5.91 Å². The Hall–Kier alpha value is -1.68. The lowest BCUT2D eigenvalue weighted by Crippen LogP contribution is -2.40. The summed E-state index contributed by atoms with van der Waals surface area (Å²) in [5.41, 5.74) is -0.291. The van der Waals surface area contributed by atoms with Crippen molar-refractivity contribution in [1.82, 2.24) is 9.88 Å². The van der Waals surface area contributed by atoms with Crippen LogP contribution in [-0.4, -0.2) is 59.3 Å². The number of aliphatic hydroxyl groups is 1. The average molecular weight is 326 g/mol. The van der Waals surface area contributed by atoms with E-state index in [1.54, 1.807) is 6.92 Å². The molecule has 118 valence electrons. The predicted molar refractivity (Wildman–Crippen MR) is 67.1 cm³/mol. The quantitative estimate of drug-likeness (QED) is 0.798. The van der Waals surface area contributed by atoms with Crippen LogP contribution in [0, 0.1) is 0 Å². The molecule has 1 aromatic heterocycles. The summed E-state index contributed by atoms with van der Waals surface area (Å²) in [5, 5.41) is 9.80. The second kappa shape index (κ2) is 7.36. The lowest BCUT2D eigenvalue weighted by atomic mass is 10.3. The van der Waals surface area contributed by atoms with Crippen molar-refractivity contribution in [2.45, 2.75) is 13.1 Å². The maximum absolute atomic E-state index is 12.4. The van der Waals surface area contributed by atoms with Crippen LogP contribution < -0.4 is 0 Å². The number of aliphatic hydroxyl groups excluding tert-OH is 1. The third-order valence-electron chi connectivity index (χ3n) is 2.20. The molecule has 0 aliphatic rings. The summed E-state index contributed by atoms with van der Waals surface area (Å²) >= 11 is 0.803. The molecule has 0 aliphatic heterocycles. The van der Waals surface area contributed by atoms with Crippen molar-refractivity contribution in [3.8, 4) is 0 Å². The van der Waals surface area contributed by atoms with Gasteiger partial charge in [0.2, 0.25) is 5.01 Å². The van der Waals surface area contributed by atoms with Crippen molar-refractivity contribution in [3.63, 3.8) is 0 Å². The van der Waals surface area contributed by atoms with Crippen LogP contribution in [0.15, 0.2) is 5.38 Å². The minimum Gasteiger partial charge on any atom is -0.461 e. The Balaban J connectivity index is 2.86. The van der Waals surface area contributed by atoms with Gasteiger partial charge >= 0.3 is 12.1 Å². The third kappa shape index (κ3) is 5.31. The van der Waals surface area contributed by atoms with Gasteiger partial charge in [0, 0.05) is 11.9 Å². The molecule has 1 N–H and O–H groups in total. The van der Waals surface area contributed by atoms with E-state index in [1.165, 1.54) is 5.38 Å². The van der Waals surface area contributed by atoms with E-state index in [2.05, 4.69) is 9.72 Å². The van der Waals surface area contributed by atoms with Crippen molar-refractivity contribution in [2.75, 3.05) is 26.3 Å². The molecule has 0 unspecified atom stereocenters. The Morgan fingerprint density at radius 2 is 2.14 bits per heavy atom. The van der Waals surface area contributed by atoms with E-state index in [0.717, 1.165) is 11.3 Å². The molecule has 0 saturated heterocycles. The van der Waals surface area contributed by atoms with Crippen LogP contribution in [0.2, 0.25) is 0 Å². The van der Waals surface area contributed by atoms with E-state index in [-0.39, 0.29) is 17.3 Å². The molecule has 0 spiro atoms. The first-order valence-corrected chi connectivity index (χ1v) is 6.76. The van der Waals surface area contributed by atoms with Crippen molar-refractivity contribution in [1.29, 1.82) is 0 Å². The number of hydrogen-bond acceptors (Lipinski definition) is 6. The largest absolute Gasteiger partial charge is 0.461 e. The normalized spacial score (nSPS) is 11.3. The standard InChI is InChI=1S/C11H13F3N2O4S/c1-2-20-10(19)8-15-7(5-21-8)9(18)16(3-4-17)6-11(12,13)14/h5,17H,2-4,6H2,1H3. The van der Waals surface area contributed by atoms with E-state index in [9.17, 15) is 22.8 Å². The molecule has 0 bridgehead atoms. The van der Waals surface area contributed by atoms with Gasteiger partial charge in [-0.2, -0.15) is 13.2 Å². The maximum Gasteiger partial charge on any atom is 0.406 e. The number of nitrogens with zero attached hydrogens (tertiary/aromatic N) is 2. The Morgan fingerprint density at radius 3 is 2.67 bits per heavy atom. The number of alkyl halides is 3. The second-order valence-corrected chi connectivity index (χ2v) is 4.68. The zero-order chi connectivity index (χ0) is 16.0. The summed E-state index contributed by atoms with van der Waals surface area (Å²) in [7, 11) is 0. The van der Waals surface area contributed by atoms with Crippen LogP contribution in [0.4, 0.5) is 13.2 Å². The fourth-order valence-corrected chi connectivity index (χ4v) is 2.09. The molecule has 0 aromatic carbocycles. The zero-order valence-electron chi connectivity index (χ0n) is 11.0. The number of thiazole rings is 1. The molecular formula is C11H13F3N2O4S. The van der Waals surface area contributed by atoms with Crippen LogP contribution in [-0.2, 0) is 4.74 Å². The fraction of sp³-hybridized carbons (Fsp3) is 0.545. The highest BCUT2D eigenvalue weighted by Gasteiger charge is 2.34. The van der Waals surface area contributed by atoms with Crippen molar-refractivity contribution in [3.05, 3.63) is 16.1 Å². The SMILES string of the molecule is CCOC(=O)c1nc(C(=O)N(CCO)CC(F)(F)F)cs1. The Kier molecular flexibility index (Phi) is 6.09. The maximum atomic E-state index is 12.4. The van der Waals surface area contributed by atoms with E-state index >= 15 is 0 Å². The second-order valence-electron chi connectivity index (χ2n) is 3.82. The van der Waals surface area contributed by atoms with E-state index in [4.69, 9.17) is 5.11 Å². The lowest BCUT2D eigenvalue weighted by molar-refractivity contribution is -0.141. The van der Waals surface area contributed by atoms with Gasteiger partial charge in [-0.3, -0.25) is 4.79 Å². The number of carbonyl (C=O) groups is 2. The van der Waals surface area contributed by atoms with Crippen LogP contribution in [0.3, 0.4) is 0 Å². The monoisotopic (exact) mass is 326 g/mol. The van der Waals surface area contributed by atoms with Crippen molar-refractivity contribution in [2.24, 2.45) is 0 Å². The molecule has 1 amide bonds. The highest BCUT2D eigenvalue weighted by molar-refractivity contribution is 7.11. The van der Waals surface area contributed by atoms with E-state index in [1.807, 2.05) is 0 Å². The summed E-state index contributed by atoms with van der Waals surface area (Å²) in [6.45, 7) is -0.893. The smallest absolute Gasteiger partial charge is 0.406 e. The van der Waals surface area contributed by atoms with Gasteiger partial charge in [0.05, 0.1) is 13.2 Å². The first-order chi connectivity index (χ1) is 9.78. The highest BCUT2D eigenvalue weighted by atomic mass is 32.1. The molecule has 0 atom stereocenters. The number of amides is 1. The molecule has 1 heterocycles. The zero-order valence-corrected chi connectivity index (χ0v) is 11.8. The van der Waals surface area contributed by atoms with Gasteiger partial charge in [-0.15, -0.1) is 11.3 Å². The number of halogens is 3. The molecule has 1 aromatic rings. The average Bonchev–Trinajstić information content (AvgIpc) is 2.85. The van der Waals surface area contributed by atoms with Gasteiger partial charge in [0.15, 0.2) is 0 Å². The molecule has 0 saturated carbocycles. The minimum atomic E-state index is -4.59. The minimum absolute atomic E-state index is 0.115. The van der Waals surface area contributed by atoms with Crippen molar-refractivity contribution < 1.29 is 32.6 Å². The Morgan fingerprint density at radius 1 is 1.48 bits per heavy atom. The lowest BCUT2D eigenvalue weighted by Gasteiger charge is -2.22. The summed E-state index contributed by atoms with van der Waals surface area (Å²) in [6.07, 6.45) is -4.59. The topological polar surface area (TPSA) is 79.7 Å². The summed E-state index contributed by atoms with van der Waals surface area (Å²) in [6, 6.07) is 0. The van der Waals surface area contributed by atoms with Gasteiger partial charge in [-0.25, -0.2) is 9.78 Å². The summed E-state index contributed by atoms with van der Waals surface area (Å²) < 4.78 is 41.8. The van der Waals surface area contributed by atoms with E-state index < -0.39 is 37.7 Å². The first kappa shape index (κ1) is 17.4. The fourth-order valence-electron chi connectivity index (χ4n) is 1.41. The molecule has 6 nitrogen and oxygen atoms in total. The number of esters is 1. The third-order valence-corrected chi connectivity index (χ3v) is 3.02. The predicted octanol–water partition coefficient (Wildman–Crippen LogP) is 1.32. The molecule has 0 radical (unpaired) electrons. The van der Waals surface area contributed by atoms with Crippen molar-refractivity contribution >= 4 is 23.2 Å². The van der Waals surface area contributed by atoms with Gasteiger partial charge in [-0.1, -0.05) is 0 Å². The number of ether oxygens (including phenoxy) is 1.